The van der Waals surface area contributed by atoms with E-state index in [1.165, 1.54) is 51.0 Å². The molecule has 0 spiro atoms. The molecular formula is C22H35NO7S. The highest BCUT2D eigenvalue weighted by atomic mass is 32.2. The van der Waals surface area contributed by atoms with Gasteiger partial charge in [-0.3, -0.25) is 4.55 Å². The number of nitrogens with zero attached hydrogens (tertiary/aromatic N) is 1. The molecule has 1 aromatic carbocycles. The number of hydrogen-bond donors (Lipinski definition) is 1. The zero-order valence-corrected chi connectivity index (χ0v) is 19.1. The van der Waals surface area contributed by atoms with Crippen molar-refractivity contribution in [3.05, 3.63) is 28.7 Å². The first-order valence-corrected chi connectivity index (χ1v) is 12.9. The Morgan fingerprint density at radius 3 is 2.48 bits per heavy atom. The van der Waals surface area contributed by atoms with Crippen LogP contribution >= 0.6 is 0 Å². The minimum atomic E-state index is -4.01. The van der Waals surface area contributed by atoms with Crippen LogP contribution in [-0.4, -0.2) is 38.0 Å². The molecular weight excluding hydrogens is 422 g/mol. The molecule has 8 nitrogen and oxygen atoms in total. The first-order valence-electron chi connectivity index (χ1n) is 11.2. The summed E-state index contributed by atoms with van der Waals surface area (Å²) in [5.74, 6) is 0.0831. The zero-order chi connectivity index (χ0) is 22.5. The Balaban J connectivity index is 1.76. The summed E-state index contributed by atoms with van der Waals surface area (Å²) in [5.41, 5.74) is 0.726. The Morgan fingerprint density at radius 1 is 1.10 bits per heavy atom. The standard InChI is InChI=1S/C22H35NO7S/c1-2-3-4-5-6-7-8-9-11-19-17-29-22(30-19)20-16-18(12-13-21(20)23-24)28-14-10-15-31(25,26)27/h12-13,16,19,22H,2-11,14-15,17H2,1H3,(H,25,26,27). The van der Waals surface area contributed by atoms with Crippen molar-refractivity contribution in [3.63, 3.8) is 0 Å². The highest BCUT2D eigenvalue weighted by molar-refractivity contribution is 7.85. The van der Waals surface area contributed by atoms with Crippen LogP contribution in [0.1, 0.15) is 83.0 Å². The number of unbranched alkanes of at least 4 members (excludes halogenated alkanes) is 7. The lowest BCUT2D eigenvalue weighted by atomic mass is 10.1. The van der Waals surface area contributed by atoms with Gasteiger partial charge in [-0.05, 0) is 36.2 Å². The Labute approximate surface area is 185 Å². The maximum absolute atomic E-state index is 11.2. The fraction of sp³-hybridized carbons (Fsp3) is 0.727. The van der Waals surface area contributed by atoms with Crippen LogP contribution in [0.5, 0.6) is 5.75 Å². The Kier molecular flexibility index (Phi) is 11.4. The lowest BCUT2D eigenvalue weighted by molar-refractivity contribution is -0.0610. The van der Waals surface area contributed by atoms with Crippen LogP contribution in [-0.2, 0) is 19.6 Å². The molecule has 1 N–H and O–H groups in total. The van der Waals surface area contributed by atoms with Crippen molar-refractivity contribution in [2.24, 2.45) is 5.18 Å². The first-order chi connectivity index (χ1) is 14.9. The van der Waals surface area contributed by atoms with E-state index in [0.717, 1.165) is 12.8 Å². The monoisotopic (exact) mass is 457 g/mol. The van der Waals surface area contributed by atoms with Gasteiger partial charge < -0.3 is 14.2 Å². The average Bonchev–Trinajstić information content (AvgIpc) is 3.21. The van der Waals surface area contributed by atoms with Gasteiger partial charge in [-0.25, -0.2) is 0 Å². The van der Waals surface area contributed by atoms with Crippen molar-refractivity contribution in [3.8, 4) is 5.75 Å². The first kappa shape index (κ1) is 25.7. The van der Waals surface area contributed by atoms with Crippen LogP contribution in [0.25, 0.3) is 0 Å². The topological polar surface area (TPSA) is 111 Å². The van der Waals surface area contributed by atoms with Crippen molar-refractivity contribution in [1.82, 2.24) is 0 Å². The molecule has 0 bridgehead atoms. The third-order valence-electron chi connectivity index (χ3n) is 5.30. The summed E-state index contributed by atoms with van der Waals surface area (Å²) in [7, 11) is -4.01. The Bertz CT molecular complexity index is 769. The van der Waals surface area contributed by atoms with Gasteiger partial charge in [0, 0.05) is 5.56 Å². The molecule has 1 aliphatic heterocycles. The summed E-state index contributed by atoms with van der Waals surface area (Å²) in [6.45, 7) is 2.81. The summed E-state index contributed by atoms with van der Waals surface area (Å²) in [6.07, 6.45) is 10.4. The third kappa shape index (κ3) is 10.1. The van der Waals surface area contributed by atoms with Crippen LogP contribution in [0.2, 0.25) is 0 Å². The Hall–Kier alpha value is -1.55. The number of hydrogen-bond acceptors (Lipinski definition) is 7. The number of rotatable bonds is 16. The molecule has 0 radical (unpaired) electrons. The largest absolute Gasteiger partial charge is 0.494 e. The van der Waals surface area contributed by atoms with Crippen molar-refractivity contribution in [2.45, 2.75) is 83.5 Å². The molecule has 0 aliphatic carbocycles. The van der Waals surface area contributed by atoms with E-state index in [2.05, 4.69) is 12.1 Å². The second-order valence-corrected chi connectivity index (χ2v) is 9.56. The number of ether oxygens (including phenoxy) is 3. The molecule has 9 heteroatoms. The van der Waals surface area contributed by atoms with Crippen molar-refractivity contribution < 1.29 is 27.2 Å². The molecule has 1 heterocycles. The molecule has 2 atom stereocenters. The van der Waals surface area contributed by atoms with Gasteiger partial charge in [0.25, 0.3) is 10.1 Å². The molecule has 0 aromatic heterocycles. The van der Waals surface area contributed by atoms with Crippen LogP contribution in [0.4, 0.5) is 5.69 Å². The predicted molar refractivity (Wildman–Crippen MR) is 119 cm³/mol. The molecule has 0 amide bonds. The van der Waals surface area contributed by atoms with E-state index in [1.807, 2.05) is 0 Å². The lowest BCUT2D eigenvalue weighted by Gasteiger charge is -2.14. The third-order valence-corrected chi connectivity index (χ3v) is 6.10. The van der Waals surface area contributed by atoms with Gasteiger partial charge in [0.1, 0.15) is 11.4 Å². The summed E-state index contributed by atoms with van der Waals surface area (Å²) >= 11 is 0. The quantitative estimate of drug-likeness (QED) is 0.193. The molecule has 2 unspecified atom stereocenters. The highest BCUT2D eigenvalue weighted by Gasteiger charge is 2.29. The van der Waals surface area contributed by atoms with Gasteiger partial charge in [-0.1, -0.05) is 58.3 Å². The molecule has 1 saturated heterocycles. The smallest absolute Gasteiger partial charge is 0.264 e. The fourth-order valence-corrected chi connectivity index (χ4v) is 4.08. The summed E-state index contributed by atoms with van der Waals surface area (Å²) in [6, 6.07) is 4.74. The second kappa shape index (κ2) is 13.8. The predicted octanol–water partition coefficient (Wildman–Crippen LogP) is 5.69. The van der Waals surface area contributed by atoms with Crippen molar-refractivity contribution >= 4 is 15.8 Å². The maximum Gasteiger partial charge on any atom is 0.264 e. The van der Waals surface area contributed by atoms with Crippen LogP contribution in [0.3, 0.4) is 0 Å². The van der Waals surface area contributed by atoms with E-state index >= 15 is 0 Å². The molecule has 176 valence electrons. The summed E-state index contributed by atoms with van der Waals surface area (Å²) in [4.78, 5) is 11.2. The van der Waals surface area contributed by atoms with E-state index in [-0.39, 0.29) is 30.6 Å². The molecule has 1 aliphatic rings. The van der Waals surface area contributed by atoms with Crippen molar-refractivity contribution in [2.75, 3.05) is 19.0 Å². The SMILES string of the molecule is CCCCCCCCCCC1COC(c2cc(OCCCS(=O)(=O)O)ccc2N=O)O1. The summed E-state index contributed by atoms with van der Waals surface area (Å²) in [5, 5.41) is 3.05. The molecule has 31 heavy (non-hydrogen) atoms. The van der Waals surface area contributed by atoms with Crippen LogP contribution in [0.15, 0.2) is 23.4 Å². The second-order valence-electron chi connectivity index (χ2n) is 7.99. The zero-order valence-electron chi connectivity index (χ0n) is 18.3. The molecule has 0 saturated carbocycles. The van der Waals surface area contributed by atoms with E-state index in [1.54, 1.807) is 12.1 Å². The molecule has 1 aromatic rings. The average molecular weight is 458 g/mol. The Morgan fingerprint density at radius 2 is 1.81 bits per heavy atom. The van der Waals surface area contributed by atoms with Gasteiger partial charge in [-0.15, -0.1) is 4.91 Å². The van der Waals surface area contributed by atoms with Crippen LogP contribution < -0.4 is 4.74 Å². The van der Waals surface area contributed by atoms with Gasteiger partial charge in [-0.2, -0.15) is 8.42 Å². The van der Waals surface area contributed by atoms with Gasteiger partial charge in [0.2, 0.25) is 0 Å². The van der Waals surface area contributed by atoms with E-state index in [9.17, 15) is 13.3 Å². The normalized spacial score (nSPS) is 18.9. The minimum absolute atomic E-state index is 0.0103. The van der Waals surface area contributed by atoms with Gasteiger partial charge >= 0.3 is 0 Å². The van der Waals surface area contributed by atoms with Gasteiger partial charge in [0.05, 0.1) is 25.1 Å². The molecule has 2 rings (SSSR count). The summed E-state index contributed by atoms with van der Waals surface area (Å²) < 4.78 is 47.6. The van der Waals surface area contributed by atoms with E-state index < -0.39 is 16.4 Å². The van der Waals surface area contributed by atoms with Crippen molar-refractivity contribution in [1.29, 1.82) is 0 Å². The lowest BCUT2D eigenvalue weighted by Crippen LogP contribution is -2.10. The highest BCUT2D eigenvalue weighted by Crippen LogP contribution is 2.37. The maximum atomic E-state index is 11.2. The molecule has 1 fully saturated rings. The number of benzene rings is 1. The van der Waals surface area contributed by atoms with E-state index in [0.29, 0.717) is 17.9 Å². The van der Waals surface area contributed by atoms with Crippen LogP contribution in [0, 0.1) is 4.91 Å². The fourth-order valence-electron chi connectivity index (χ4n) is 3.59. The number of nitroso groups, excluding NO2 is 1. The van der Waals surface area contributed by atoms with Gasteiger partial charge in [0.15, 0.2) is 6.29 Å². The van der Waals surface area contributed by atoms with E-state index in [4.69, 9.17) is 18.8 Å². The minimum Gasteiger partial charge on any atom is -0.494 e.